The summed E-state index contributed by atoms with van der Waals surface area (Å²) in [6.07, 6.45) is 3.66. The van der Waals surface area contributed by atoms with E-state index in [0.29, 0.717) is 18.4 Å². The Bertz CT molecular complexity index is 218. The van der Waals surface area contributed by atoms with Gasteiger partial charge in [-0.1, -0.05) is 20.3 Å². The highest BCUT2D eigenvalue weighted by Gasteiger charge is 2.30. The van der Waals surface area contributed by atoms with Gasteiger partial charge < -0.3 is 10.6 Å². The average molecular weight is 212 g/mol. The molecule has 1 aliphatic heterocycles. The smallest absolute Gasteiger partial charge is 0.224 e. The van der Waals surface area contributed by atoms with Crippen LogP contribution in [0.1, 0.15) is 46.5 Å². The fourth-order valence-electron chi connectivity index (χ4n) is 2.46. The molecule has 2 N–H and O–H groups in total. The Labute approximate surface area is 93.0 Å². The molecule has 88 valence electrons. The molecule has 0 radical (unpaired) electrons. The van der Waals surface area contributed by atoms with Gasteiger partial charge in [0.25, 0.3) is 0 Å². The van der Waals surface area contributed by atoms with Crippen molar-refractivity contribution in [3.8, 4) is 0 Å². The molecule has 1 heterocycles. The minimum atomic E-state index is 0.0469. The minimum Gasteiger partial charge on any atom is -0.340 e. The maximum Gasteiger partial charge on any atom is 0.224 e. The first-order valence-electron chi connectivity index (χ1n) is 6.09. The van der Waals surface area contributed by atoms with Crippen LogP contribution in [0.3, 0.4) is 0 Å². The van der Waals surface area contributed by atoms with Crippen LogP contribution in [-0.4, -0.2) is 29.4 Å². The number of hydrogen-bond donors (Lipinski definition) is 1. The lowest BCUT2D eigenvalue weighted by atomic mass is 10.1. The Kier molecular flexibility index (Phi) is 4.58. The van der Waals surface area contributed by atoms with Crippen molar-refractivity contribution in [1.82, 2.24) is 4.90 Å². The van der Waals surface area contributed by atoms with Crippen molar-refractivity contribution in [2.24, 2.45) is 11.7 Å². The number of rotatable bonds is 4. The Morgan fingerprint density at radius 2 is 2.20 bits per heavy atom. The zero-order valence-corrected chi connectivity index (χ0v) is 10.2. The van der Waals surface area contributed by atoms with Gasteiger partial charge in [-0.15, -0.1) is 0 Å². The van der Waals surface area contributed by atoms with E-state index in [2.05, 4.69) is 20.8 Å². The third kappa shape index (κ3) is 3.49. The van der Waals surface area contributed by atoms with Gasteiger partial charge in [0.1, 0.15) is 0 Å². The van der Waals surface area contributed by atoms with E-state index in [4.69, 9.17) is 5.73 Å². The molecule has 1 aliphatic rings. The summed E-state index contributed by atoms with van der Waals surface area (Å²) >= 11 is 0. The highest BCUT2D eigenvalue weighted by molar-refractivity contribution is 5.77. The molecule has 0 aromatic rings. The summed E-state index contributed by atoms with van der Waals surface area (Å²) in [4.78, 5) is 13.9. The van der Waals surface area contributed by atoms with Crippen molar-refractivity contribution in [3.63, 3.8) is 0 Å². The molecule has 0 saturated carbocycles. The van der Waals surface area contributed by atoms with Crippen LogP contribution in [0.15, 0.2) is 0 Å². The van der Waals surface area contributed by atoms with Gasteiger partial charge in [-0.3, -0.25) is 4.79 Å². The van der Waals surface area contributed by atoms with Gasteiger partial charge in [-0.25, -0.2) is 0 Å². The summed E-state index contributed by atoms with van der Waals surface area (Å²) in [6.45, 7) is 7.35. The standard InChI is InChI=1S/C12H24N2O/c1-4-5-11(13)7-12(15)14-8-9(2)6-10(14)3/h9-11H,4-8,13H2,1-3H3. The normalized spacial score (nSPS) is 28.1. The van der Waals surface area contributed by atoms with E-state index in [9.17, 15) is 4.79 Å². The molecule has 3 atom stereocenters. The van der Waals surface area contributed by atoms with Gasteiger partial charge in [0, 0.05) is 25.0 Å². The van der Waals surface area contributed by atoms with E-state index in [1.807, 2.05) is 4.90 Å². The zero-order chi connectivity index (χ0) is 11.4. The molecule has 0 aromatic heterocycles. The van der Waals surface area contributed by atoms with Gasteiger partial charge in [-0.05, 0) is 25.7 Å². The fourth-order valence-corrected chi connectivity index (χ4v) is 2.46. The van der Waals surface area contributed by atoms with Crippen LogP contribution in [0.5, 0.6) is 0 Å². The van der Waals surface area contributed by atoms with Crippen LogP contribution in [0.2, 0.25) is 0 Å². The van der Waals surface area contributed by atoms with E-state index in [1.54, 1.807) is 0 Å². The Balaban J connectivity index is 2.40. The number of amides is 1. The predicted octanol–water partition coefficient (Wildman–Crippen LogP) is 1.76. The second-order valence-electron chi connectivity index (χ2n) is 4.99. The molecule has 1 rings (SSSR count). The molecule has 3 unspecified atom stereocenters. The first-order chi connectivity index (χ1) is 7.04. The minimum absolute atomic E-state index is 0.0469. The van der Waals surface area contributed by atoms with Gasteiger partial charge in [0.15, 0.2) is 0 Å². The number of hydrogen-bond acceptors (Lipinski definition) is 2. The molecule has 3 nitrogen and oxygen atoms in total. The number of carbonyl (C=O) groups excluding carboxylic acids is 1. The van der Waals surface area contributed by atoms with Crippen molar-refractivity contribution in [2.45, 2.75) is 58.5 Å². The van der Waals surface area contributed by atoms with Crippen LogP contribution in [0, 0.1) is 5.92 Å². The van der Waals surface area contributed by atoms with Crippen molar-refractivity contribution in [2.75, 3.05) is 6.54 Å². The molecule has 0 aromatic carbocycles. The average Bonchev–Trinajstić information content (AvgIpc) is 2.45. The van der Waals surface area contributed by atoms with Crippen molar-refractivity contribution in [1.29, 1.82) is 0 Å². The van der Waals surface area contributed by atoms with E-state index in [1.165, 1.54) is 0 Å². The predicted molar refractivity (Wildman–Crippen MR) is 62.5 cm³/mol. The summed E-state index contributed by atoms with van der Waals surface area (Å²) < 4.78 is 0. The molecular formula is C12H24N2O. The van der Waals surface area contributed by atoms with Crippen LogP contribution in [0.25, 0.3) is 0 Å². The quantitative estimate of drug-likeness (QED) is 0.772. The second-order valence-corrected chi connectivity index (χ2v) is 4.99. The number of nitrogens with zero attached hydrogens (tertiary/aromatic N) is 1. The van der Waals surface area contributed by atoms with E-state index >= 15 is 0 Å². The lowest BCUT2D eigenvalue weighted by Crippen LogP contribution is -2.37. The van der Waals surface area contributed by atoms with Crippen molar-refractivity contribution >= 4 is 5.91 Å². The van der Waals surface area contributed by atoms with Crippen LogP contribution in [0.4, 0.5) is 0 Å². The SMILES string of the molecule is CCCC(N)CC(=O)N1CC(C)CC1C. The fraction of sp³-hybridized carbons (Fsp3) is 0.917. The van der Waals surface area contributed by atoms with Gasteiger partial charge in [0.05, 0.1) is 0 Å². The molecule has 1 amide bonds. The maximum absolute atomic E-state index is 11.9. The molecule has 0 spiro atoms. The Morgan fingerprint density at radius 1 is 1.53 bits per heavy atom. The van der Waals surface area contributed by atoms with Crippen molar-refractivity contribution < 1.29 is 4.79 Å². The summed E-state index contributed by atoms with van der Waals surface area (Å²) in [5.74, 6) is 0.888. The lowest BCUT2D eigenvalue weighted by molar-refractivity contribution is -0.132. The number of likely N-dealkylation sites (tertiary alicyclic amines) is 1. The lowest BCUT2D eigenvalue weighted by Gasteiger charge is -2.23. The van der Waals surface area contributed by atoms with E-state index < -0.39 is 0 Å². The van der Waals surface area contributed by atoms with E-state index in [-0.39, 0.29) is 11.9 Å². The molecule has 15 heavy (non-hydrogen) atoms. The monoisotopic (exact) mass is 212 g/mol. The third-order valence-corrected chi connectivity index (χ3v) is 3.20. The Morgan fingerprint density at radius 3 is 2.67 bits per heavy atom. The zero-order valence-electron chi connectivity index (χ0n) is 10.2. The molecule has 1 saturated heterocycles. The summed E-state index contributed by atoms with van der Waals surface area (Å²) in [7, 11) is 0. The van der Waals surface area contributed by atoms with Gasteiger partial charge in [0.2, 0.25) is 5.91 Å². The van der Waals surface area contributed by atoms with Crippen molar-refractivity contribution in [3.05, 3.63) is 0 Å². The molecule has 1 fully saturated rings. The summed E-state index contributed by atoms with van der Waals surface area (Å²) in [5.41, 5.74) is 5.89. The highest BCUT2D eigenvalue weighted by Crippen LogP contribution is 2.23. The summed E-state index contributed by atoms with van der Waals surface area (Å²) in [5, 5.41) is 0. The largest absolute Gasteiger partial charge is 0.340 e. The summed E-state index contributed by atoms with van der Waals surface area (Å²) in [6, 6.07) is 0.451. The topological polar surface area (TPSA) is 46.3 Å². The van der Waals surface area contributed by atoms with Crippen LogP contribution in [-0.2, 0) is 4.79 Å². The molecule has 0 aliphatic carbocycles. The van der Waals surface area contributed by atoms with Crippen LogP contribution < -0.4 is 5.73 Å². The second kappa shape index (κ2) is 5.50. The van der Waals surface area contributed by atoms with Gasteiger partial charge in [-0.2, -0.15) is 0 Å². The molecule has 0 bridgehead atoms. The number of carbonyl (C=O) groups is 1. The maximum atomic E-state index is 11.9. The first-order valence-corrected chi connectivity index (χ1v) is 6.09. The Hall–Kier alpha value is -0.570. The highest BCUT2D eigenvalue weighted by atomic mass is 16.2. The third-order valence-electron chi connectivity index (χ3n) is 3.20. The number of nitrogens with two attached hydrogens (primary N) is 1. The molecule has 3 heteroatoms. The van der Waals surface area contributed by atoms with E-state index in [0.717, 1.165) is 25.8 Å². The first kappa shape index (κ1) is 12.5. The molecular weight excluding hydrogens is 188 g/mol. The van der Waals surface area contributed by atoms with Crippen LogP contribution >= 0.6 is 0 Å². The van der Waals surface area contributed by atoms with Gasteiger partial charge >= 0.3 is 0 Å².